The van der Waals surface area contributed by atoms with Gasteiger partial charge in [0.25, 0.3) is 0 Å². The molecule has 1 aliphatic rings. The zero-order valence-electron chi connectivity index (χ0n) is 19.2. The quantitative estimate of drug-likeness (QED) is 0.354. The fourth-order valence-electron chi connectivity index (χ4n) is 4.08. The Kier molecular flexibility index (Phi) is 7.55. The molecule has 0 spiro atoms. The molecule has 8 heteroatoms. The molecule has 0 bridgehead atoms. The monoisotopic (exact) mass is 470 g/mol. The van der Waals surface area contributed by atoms with Gasteiger partial charge in [-0.3, -0.25) is 0 Å². The number of para-hydroxylation sites is 2. The number of aryl methyl sites for hydroxylation is 1. The van der Waals surface area contributed by atoms with Crippen LogP contribution in [0.15, 0.2) is 54.7 Å². The Morgan fingerprint density at radius 3 is 2.41 bits per heavy atom. The second-order valence-corrected chi connectivity index (χ2v) is 8.52. The van der Waals surface area contributed by atoms with Crippen LogP contribution in [0.3, 0.4) is 0 Å². The molecule has 1 saturated carbocycles. The second-order valence-electron chi connectivity index (χ2n) is 8.52. The van der Waals surface area contributed by atoms with Crippen LogP contribution in [0.25, 0.3) is 0 Å². The lowest BCUT2D eigenvalue weighted by atomic mass is 9.98. The van der Waals surface area contributed by atoms with Crippen LogP contribution in [0.2, 0.25) is 0 Å². The van der Waals surface area contributed by atoms with Crippen LogP contribution in [-0.4, -0.2) is 16.1 Å². The molecule has 0 aliphatic heterocycles. The van der Waals surface area contributed by atoms with Gasteiger partial charge in [0.05, 0.1) is 11.8 Å². The molecule has 1 fully saturated rings. The van der Waals surface area contributed by atoms with Crippen molar-refractivity contribution in [2.24, 2.45) is 0 Å². The predicted octanol–water partition coefficient (Wildman–Crippen LogP) is 7.65. The van der Waals surface area contributed by atoms with Gasteiger partial charge in [0.15, 0.2) is 0 Å². The highest BCUT2D eigenvalue weighted by molar-refractivity contribution is 5.67. The fraction of sp³-hybridized carbons (Fsp3) is 0.385. The van der Waals surface area contributed by atoms with Crippen molar-refractivity contribution in [1.29, 1.82) is 0 Å². The van der Waals surface area contributed by atoms with Crippen molar-refractivity contribution in [3.8, 4) is 5.75 Å². The number of ether oxygens (including phenoxy) is 1. The zero-order valence-corrected chi connectivity index (χ0v) is 19.2. The number of hydrogen-bond donors (Lipinski definition) is 2. The van der Waals surface area contributed by atoms with Gasteiger partial charge in [-0.15, -0.1) is 0 Å². The van der Waals surface area contributed by atoms with Crippen LogP contribution in [-0.2, 0) is 12.6 Å². The van der Waals surface area contributed by atoms with E-state index in [1.807, 2.05) is 30.3 Å². The van der Waals surface area contributed by atoms with E-state index in [4.69, 9.17) is 4.74 Å². The van der Waals surface area contributed by atoms with E-state index in [0.29, 0.717) is 17.1 Å². The van der Waals surface area contributed by atoms with E-state index >= 15 is 0 Å². The van der Waals surface area contributed by atoms with E-state index in [9.17, 15) is 13.2 Å². The molecule has 34 heavy (non-hydrogen) atoms. The van der Waals surface area contributed by atoms with Crippen LogP contribution in [0.4, 0.5) is 36.3 Å². The summed E-state index contributed by atoms with van der Waals surface area (Å²) in [4.78, 5) is 8.07. The van der Waals surface area contributed by atoms with Gasteiger partial charge in [-0.05, 0) is 61.9 Å². The molecule has 2 N–H and O–H groups in total. The maximum atomic E-state index is 13.7. The van der Waals surface area contributed by atoms with Crippen LogP contribution in [0.1, 0.15) is 56.6 Å². The van der Waals surface area contributed by atoms with Crippen LogP contribution < -0.4 is 15.4 Å². The Bertz CT molecular complexity index is 1080. The van der Waals surface area contributed by atoms with E-state index < -0.39 is 11.7 Å². The number of rotatable bonds is 8. The maximum Gasteiger partial charge on any atom is 0.421 e. The topological polar surface area (TPSA) is 59.1 Å². The van der Waals surface area contributed by atoms with Crippen molar-refractivity contribution in [3.63, 3.8) is 0 Å². The smallest absolute Gasteiger partial charge is 0.421 e. The molecule has 0 unspecified atom stereocenters. The molecule has 0 radical (unpaired) electrons. The summed E-state index contributed by atoms with van der Waals surface area (Å²) in [5.74, 6) is 0.263. The lowest BCUT2D eigenvalue weighted by Gasteiger charge is -2.24. The summed E-state index contributed by atoms with van der Waals surface area (Å²) in [6.07, 6.45) is 3.53. The van der Waals surface area contributed by atoms with Crippen LogP contribution >= 0.6 is 0 Å². The summed E-state index contributed by atoms with van der Waals surface area (Å²) in [5, 5.41) is 5.85. The van der Waals surface area contributed by atoms with Crippen molar-refractivity contribution >= 4 is 23.1 Å². The summed E-state index contributed by atoms with van der Waals surface area (Å²) >= 11 is 0. The minimum absolute atomic E-state index is 0.0668. The van der Waals surface area contributed by atoms with Crippen LogP contribution in [0, 0.1) is 0 Å². The standard InChI is InChI=1S/C26H29F3N4O/c1-2-8-18-13-15-19(16-14-18)31-25-30-17-21(26(27,28)29)24(33-25)32-22-11-6-7-12-23(22)34-20-9-4-3-5-10-20/h6-7,11-17,20H,2-5,8-10H2,1H3,(H2,30,31,32,33). The third-order valence-corrected chi connectivity index (χ3v) is 5.83. The molecule has 180 valence electrons. The Labute approximate surface area is 197 Å². The van der Waals surface area contributed by atoms with Gasteiger partial charge in [0.1, 0.15) is 17.1 Å². The first-order valence-electron chi connectivity index (χ1n) is 11.8. The maximum absolute atomic E-state index is 13.7. The zero-order chi connectivity index (χ0) is 24.0. The molecular weight excluding hydrogens is 441 g/mol. The highest BCUT2D eigenvalue weighted by Gasteiger charge is 2.35. The van der Waals surface area contributed by atoms with Gasteiger partial charge < -0.3 is 15.4 Å². The van der Waals surface area contributed by atoms with E-state index in [1.54, 1.807) is 18.2 Å². The summed E-state index contributed by atoms with van der Waals surface area (Å²) < 4.78 is 47.3. The molecule has 0 amide bonds. The van der Waals surface area contributed by atoms with E-state index in [2.05, 4.69) is 27.5 Å². The average molecular weight is 471 g/mol. The molecule has 2 aromatic carbocycles. The molecule has 1 aliphatic carbocycles. The Balaban J connectivity index is 1.59. The number of alkyl halides is 3. The highest BCUT2D eigenvalue weighted by atomic mass is 19.4. The fourth-order valence-corrected chi connectivity index (χ4v) is 4.08. The Morgan fingerprint density at radius 1 is 0.971 bits per heavy atom. The molecule has 5 nitrogen and oxygen atoms in total. The van der Waals surface area contributed by atoms with Gasteiger partial charge in [0.2, 0.25) is 5.95 Å². The minimum atomic E-state index is -4.61. The Hall–Kier alpha value is -3.29. The molecule has 1 aromatic heterocycles. The summed E-state index contributed by atoms with van der Waals surface area (Å²) in [6, 6.07) is 14.7. The normalized spacial score (nSPS) is 14.6. The summed E-state index contributed by atoms with van der Waals surface area (Å²) in [7, 11) is 0. The average Bonchev–Trinajstić information content (AvgIpc) is 2.82. The highest BCUT2D eigenvalue weighted by Crippen LogP contribution is 2.37. The SMILES string of the molecule is CCCc1ccc(Nc2ncc(C(F)(F)F)c(Nc3ccccc3OC3CCCCC3)n2)cc1. The summed E-state index contributed by atoms with van der Waals surface area (Å²) in [5.41, 5.74) is 1.39. The number of halogens is 3. The van der Waals surface area contributed by atoms with E-state index in [0.717, 1.165) is 44.7 Å². The third kappa shape index (κ3) is 6.18. The minimum Gasteiger partial charge on any atom is -0.488 e. The van der Waals surface area contributed by atoms with E-state index in [1.165, 1.54) is 12.0 Å². The number of nitrogens with zero attached hydrogens (tertiary/aromatic N) is 2. The molecule has 1 heterocycles. The lowest BCUT2D eigenvalue weighted by molar-refractivity contribution is -0.137. The number of nitrogens with one attached hydrogen (secondary N) is 2. The molecular formula is C26H29F3N4O. The van der Waals surface area contributed by atoms with Crippen molar-refractivity contribution in [1.82, 2.24) is 9.97 Å². The molecule has 4 rings (SSSR count). The first kappa shape index (κ1) is 23.9. The number of anilines is 4. The number of hydrogen-bond acceptors (Lipinski definition) is 5. The van der Waals surface area contributed by atoms with Gasteiger partial charge in [0, 0.05) is 11.9 Å². The van der Waals surface area contributed by atoms with Gasteiger partial charge in [-0.1, -0.05) is 44.0 Å². The predicted molar refractivity (Wildman–Crippen MR) is 128 cm³/mol. The van der Waals surface area contributed by atoms with Crippen molar-refractivity contribution in [2.45, 2.75) is 64.1 Å². The largest absolute Gasteiger partial charge is 0.488 e. The molecule has 0 atom stereocenters. The first-order chi connectivity index (χ1) is 16.4. The number of aromatic nitrogens is 2. The van der Waals surface area contributed by atoms with Crippen LogP contribution in [0.5, 0.6) is 5.75 Å². The van der Waals surface area contributed by atoms with Gasteiger partial charge >= 0.3 is 6.18 Å². The van der Waals surface area contributed by atoms with Gasteiger partial charge in [-0.2, -0.15) is 18.2 Å². The number of benzene rings is 2. The first-order valence-corrected chi connectivity index (χ1v) is 11.8. The lowest BCUT2D eigenvalue weighted by Crippen LogP contribution is -2.20. The van der Waals surface area contributed by atoms with Crippen molar-refractivity contribution in [2.75, 3.05) is 10.6 Å². The summed E-state index contributed by atoms with van der Waals surface area (Å²) in [6.45, 7) is 2.11. The van der Waals surface area contributed by atoms with Crippen molar-refractivity contribution < 1.29 is 17.9 Å². The second kappa shape index (κ2) is 10.8. The third-order valence-electron chi connectivity index (χ3n) is 5.83. The Morgan fingerprint density at radius 2 is 1.71 bits per heavy atom. The van der Waals surface area contributed by atoms with Crippen molar-refractivity contribution in [3.05, 3.63) is 65.9 Å². The molecule has 3 aromatic rings. The van der Waals surface area contributed by atoms with Gasteiger partial charge in [-0.25, -0.2) is 4.98 Å². The van der Waals surface area contributed by atoms with E-state index in [-0.39, 0.29) is 17.9 Å². The molecule has 0 saturated heterocycles.